The van der Waals surface area contributed by atoms with Gasteiger partial charge in [-0.05, 0) is 61.7 Å². The number of halogens is 2. The Labute approximate surface area is 126 Å². The zero-order chi connectivity index (χ0) is 14.0. The fraction of sp³-hybridized carbons (Fsp3) is 0.625. The molecule has 2 atom stereocenters. The van der Waals surface area contributed by atoms with E-state index in [9.17, 15) is 0 Å². The summed E-state index contributed by atoms with van der Waals surface area (Å²) in [6.07, 6.45) is 3.72. The molecule has 3 heteroatoms. The minimum absolute atomic E-state index is 0.389. The second-order valence-electron chi connectivity index (χ2n) is 6.47. The van der Waals surface area contributed by atoms with E-state index in [0.29, 0.717) is 22.3 Å². The van der Waals surface area contributed by atoms with Crippen LogP contribution >= 0.6 is 23.2 Å². The van der Waals surface area contributed by atoms with Crippen LogP contribution in [0.1, 0.15) is 44.6 Å². The first-order valence-electron chi connectivity index (χ1n) is 7.03. The number of benzene rings is 1. The average Bonchev–Trinajstić information content (AvgIpc) is 2.35. The summed E-state index contributed by atoms with van der Waals surface area (Å²) in [7, 11) is 2.02. The maximum absolute atomic E-state index is 6.43. The molecule has 1 saturated carbocycles. The Kier molecular flexibility index (Phi) is 4.81. The van der Waals surface area contributed by atoms with Crippen molar-refractivity contribution in [2.24, 2.45) is 11.3 Å². The summed E-state index contributed by atoms with van der Waals surface area (Å²) in [5.41, 5.74) is 1.61. The van der Waals surface area contributed by atoms with Crippen LogP contribution in [0, 0.1) is 11.3 Å². The first-order valence-corrected chi connectivity index (χ1v) is 7.79. The van der Waals surface area contributed by atoms with E-state index in [1.165, 1.54) is 24.8 Å². The first kappa shape index (κ1) is 15.2. The quantitative estimate of drug-likeness (QED) is 0.816. The summed E-state index contributed by atoms with van der Waals surface area (Å²) in [4.78, 5) is 0. The van der Waals surface area contributed by atoms with E-state index in [1.807, 2.05) is 19.2 Å². The van der Waals surface area contributed by atoms with E-state index in [0.717, 1.165) is 11.6 Å². The van der Waals surface area contributed by atoms with E-state index < -0.39 is 0 Å². The van der Waals surface area contributed by atoms with Crippen molar-refractivity contribution in [2.75, 3.05) is 13.6 Å². The van der Waals surface area contributed by atoms with Gasteiger partial charge in [0.05, 0.1) is 10.0 Å². The maximum atomic E-state index is 6.43. The van der Waals surface area contributed by atoms with Crippen LogP contribution in [0.3, 0.4) is 0 Å². The van der Waals surface area contributed by atoms with Crippen molar-refractivity contribution >= 4 is 23.2 Å². The Morgan fingerprint density at radius 3 is 2.74 bits per heavy atom. The smallest absolute Gasteiger partial charge is 0.0627 e. The average molecular weight is 300 g/mol. The number of hydrogen-bond donors (Lipinski definition) is 1. The summed E-state index contributed by atoms with van der Waals surface area (Å²) >= 11 is 12.6. The van der Waals surface area contributed by atoms with Crippen LogP contribution in [0.5, 0.6) is 0 Å². The van der Waals surface area contributed by atoms with Crippen molar-refractivity contribution in [2.45, 2.75) is 39.0 Å². The Hall–Kier alpha value is -0.240. The first-order chi connectivity index (χ1) is 8.94. The highest BCUT2D eigenvalue weighted by atomic mass is 35.5. The fourth-order valence-electron chi connectivity index (χ4n) is 3.32. The van der Waals surface area contributed by atoms with Gasteiger partial charge in [0.25, 0.3) is 0 Å². The van der Waals surface area contributed by atoms with Crippen LogP contribution in [0.15, 0.2) is 18.2 Å². The standard InChI is InChI=1S/C16H23Cl2N/c1-16(2)8-7-11(10-19-3)13(9-16)12-5-4-6-14(17)15(12)18/h4-6,11,13,19H,7-10H2,1-3H3. The van der Waals surface area contributed by atoms with Gasteiger partial charge in [0.1, 0.15) is 0 Å². The predicted molar refractivity (Wildman–Crippen MR) is 84.3 cm³/mol. The summed E-state index contributed by atoms with van der Waals surface area (Å²) in [6, 6.07) is 6.03. The molecule has 0 heterocycles. The van der Waals surface area contributed by atoms with Gasteiger partial charge in [-0.15, -0.1) is 0 Å². The zero-order valence-corrected chi connectivity index (χ0v) is 13.5. The van der Waals surface area contributed by atoms with Crippen LogP contribution in [-0.4, -0.2) is 13.6 Å². The van der Waals surface area contributed by atoms with Gasteiger partial charge in [-0.3, -0.25) is 0 Å². The van der Waals surface area contributed by atoms with Gasteiger partial charge >= 0.3 is 0 Å². The number of rotatable bonds is 3. The molecule has 1 aromatic rings. The van der Waals surface area contributed by atoms with Gasteiger partial charge in [0, 0.05) is 0 Å². The molecule has 0 amide bonds. The fourth-order valence-corrected chi connectivity index (χ4v) is 3.77. The largest absolute Gasteiger partial charge is 0.319 e. The number of hydrogen-bond acceptors (Lipinski definition) is 1. The Morgan fingerprint density at radius 1 is 1.32 bits per heavy atom. The minimum Gasteiger partial charge on any atom is -0.319 e. The molecule has 0 saturated heterocycles. The van der Waals surface area contributed by atoms with Gasteiger partial charge in [-0.2, -0.15) is 0 Å². The topological polar surface area (TPSA) is 12.0 Å². The molecule has 106 valence electrons. The highest BCUT2D eigenvalue weighted by Crippen LogP contribution is 2.48. The molecular formula is C16H23Cl2N. The molecule has 2 rings (SSSR count). The molecule has 0 radical (unpaired) electrons. The van der Waals surface area contributed by atoms with Crippen LogP contribution in [0.4, 0.5) is 0 Å². The zero-order valence-electron chi connectivity index (χ0n) is 12.0. The highest BCUT2D eigenvalue weighted by molar-refractivity contribution is 6.42. The lowest BCUT2D eigenvalue weighted by atomic mass is 9.65. The van der Waals surface area contributed by atoms with E-state index >= 15 is 0 Å². The van der Waals surface area contributed by atoms with E-state index in [4.69, 9.17) is 23.2 Å². The van der Waals surface area contributed by atoms with Crippen molar-refractivity contribution in [3.63, 3.8) is 0 Å². The molecular weight excluding hydrogens is 277 g/mol. The third-order valence-electron chi connectivity index (χ3n) is 4.38. The minimum atomic E-state index is 0.389. The second kappa shape index (κ2) is 6.03. The van der Waals surface area contributed by atoms with E-state index in [2.05, 4.69) is 25.2 Å². The number of nitrogens with one attached hydrogen (secondary N) is 1. The van der Waals surface area contributed by atoms with Crippen LogP contribution in [-0.2, 0) is 0 Å². The van der Waals surface area contributed by atoms with Crippen molar-refractivity contribution < 1.29 is 0 Å². The molecule has 1 aromatic carbocycles. The Balaban J connectivity index is 2.33. The van der Waals surface area contributed by atoms with Gasteiger partial charge in [0.15, 0.2) is 0 Å². The molecule has 1 aliphatic rings. The molecule has 0 bridgehead atoms. The summed E-state index contributed by atoms with van der Waals surface area (Å²) in [6.45, 7) is 5.76. The lowest BCUT2D eigenvalue weighted by Gasteiger charge is -2.41. The lowest BCUT2D eigenvalue weighted by molar-refractivity contribution is 0.161. The van der Waals surface area contributed by atoms with E-state index in [1.54, 1.807) is 0 Å². The summed E-state index contributed by atoms with van der Waals surface area (Å²) < 4.78 is 0. The molecule has 1 nitrogen and oxygen atoms in total. The molecule has 0 aromatic heterocycles. The van der Waals surface area contributed by atoms with Crippen molar-refractivity contribution in [1.29, 1.82) is 0 Å². The van der Waals surface area contributed by atoms with Gasteiger partial charge in [0.2, 0.25) is 0 Å². The molecule has 1 N–H and O–H groups in total. The van der Waals surface area contributed by atoms with Crippen LogP contribution < -0.4 is 5.32 Å². The molecule has 1 aliphatic carbocycles. The Morgan fingerprint density at radius 2 is 2.05 bits per heavy atom. The second-order valence-corrected chi connectivity index (χ2v) is 7.26. The third-order valence-corrected chi connectivity index (χ3v) is 5.21. The maximum Gasteiger partial charge on any atom is 0.0627 e. The normalized spacial score (nSPS) is 26.4. The monoisotopic (exact) mass is 299 g/mol. The van der Waals surface area contributed by atoms with Gasteiger partial charge in [-0.25, -0.2) is 0 Å². The van der Waals surface area contributed by atoms with Gasteiger partial charge < -0.3 is 5.32 Å². The lowest BCUT2D eigenvalue weighted by Crippen LogP contribution is -2.33. The molecule has 0 aliphatic heterocycles. The SMILES string of the molecule is CNCC1CCC(C)(C)CC1c1cccc(Cl)c1Cl. The van der Waals surface area contributed by atoms with Crippen molar-refractivity contribution in [3.05, 3.63) is 33.8 Å². The van der Waals surface area contributed by atoms with Crippen LogP contribution in [0.25, 0.3) is 0 Å². The van der Waals surface area contributed by atoms with Crippen molar-refractivity contribution in [1.82, 2.24) is 5.32 Å². The van der Waals surface area contributed by atoms with E-state index in [-0.39, 0.29) is 0 Å². The summed E-state index contributed by atoms with van der Waals surface area (Å²) in [5, 5.41) is 4.74. The molecule has 2 unspecified atom stereocenters. The summed E-state index contributed by atoms with van der Waals surface area (Å²) in [5.74, 6) is 1.15. The predicted octanol–water partition coefficient (Wildman–Crippen LogP) is 5.12. The van der Waals surface area contributed by atoms with Crippen LogP contribution in [0.2, 0.25) is 10.0 Å². The van der Waals surface area contributed by atoms with Crippen molar-refractivity contribution in [3.8, 4) is 0 Å². The Bertz CT molecular complexity index is 442. The molecule has 19 heavy (non-hydrogen) atoms. The molecule has 1 fully saturated rings. The molecule has 0 spiro atoms. The third kappa shape index (κ3) is 3.45. The van der Waals surface area contributed by atoms with Gasteiger partial charge in [-0.1, -0.05) is 49.2 Å². The highest BCUT2D eigenvalue weighted by Gasteiger charge is 2.36.